The lowest BCUT2D eigenvalue weighted by molar-refractivity contribution is 0.0419. The number of nitrogens with one attached hydrogen (secondary N) is 1. The predicted octanol–water partition coefficient (Wildman–Crippen LogP) is 0.441. The molecule has 58 valence electrons. The second-order valence-electron chi connectivity index (χ2n) is 3.71. The van der Waals surface area contributed by atoms with Crippen molar-refractivity contribution in [2.45, 2.75) is 38.4 Å². The van der Waals surface area contributed by atoms with Gasteiger partial charge in [-0.1, -0.05) is 0 Å². The number of nitrogens with zero attached hydrogens (tertiary/aromatic N) is 1. The van der Waals surface area contributed by atoms with E-state index in [1.165, 1.54) is 19.5 Å². The Morgan fingerprint density at radius 1 is 1.50 bits per heavy atom. The van der Waals surface area contributed by atoms with Crippen LogP contribution >= 0.6 is 0 Å². The largest absolute Gasteiger partial charge is 0.311 e. The molecule has 2 heterocycles. The van der Waals surface area contributed by atoms with Gasteiger partial charge in [-0.3, -0.25) is 4.90 Å². The monoisotopic (exact) mass is 140 g/mol. The Labute approximate surface area is 62.6 Å². The molecule has 0 aromatic rings. The van der Waals surface area contributed by atoms with Crippen LogP contribution in [-0.4, -0.2) is 36.1 Å². The minimum atomic E-state index is 0.751. The highest BCUT2D eigenvalue weighted by Crippen LogP contribution is 2.27. The third-order valence-corrected chi connectivity index (χ3v) is 2.81. The summed E-state index contributed by atoms with van der Waals surface area (Å²) in [6.45, 7) is 7.09. The number of hydrogen-bond acceptors (Lipinski definition) is 2. The van der Waals surface area contributed by atoms with Crippen molar-refractivity contribution in [3.05, 3.63) is 0 Å². The second-order valence-corrected chi connectivity index (χ2v) is 3.71. The van der Waals surface area contributed by atoms with E-state index in [0.717, 1.165) is 18.1 Å². The maximum absolute atomic E-state index is 3.50. The minimum Gasteiger partial charge on any atom is -0.311 e. The van der Waals surface area contributed by atoms with Crippen LogP contribution in [0, 0.1) is 0 Å². The average Bonchev–Trinajstić information content (AvgIpc) is 2.11. The fourth-order valence-electron chi connectivity index (χ4n) is 2.16. The predicted molar refractivity (Wildman–Crippen MR) is 42.0 cm³/mol. The molecule has 0 aliphatic carbocycles. The van der Waals surface area contributed by atoms with Gasteiger partial charge in [-0.05, 0) is 26.8 Å². The topological polar surface area (TPSA) is 15.3 Å². The summed E-state index contributed by atoms with van der Waals surface area (Å²) in [5, 5.41) is 3.50. The van der Waals surface area contributed by atoms with Crippen molar-refractivity contribution in [1.29, 1.82) is 0 Å². The molecule has 0 amide bonds. The number of likely N-dealkylation sites (tertiary alicyclic amines) is 1. The zero-order valence-corrected chi connectivity index (χ0v) is 6.80. The molecule has 0 bridgehead atoms. The summed E-state index contributed by atoms with van der Waals surface area (Å²) < 4.78 is 0. The summed E-state index contributed by atoms with van der Waals surface area (Å²) in [4.78, 5) is 2.59. The van der Waals surface area contributed by atoms with Gasteiger partial charge in [-0.2, -0.15) is 0 Å². The Balaban J connectivity index is 1.94. The van der Waals surface area contributed by atoms with E-state index in [-0.39, 0.29) is 0 Å². The molecule has 1 N–H and O–H groups in total. The van der Waals surface area contributed by atoms with E-state index >= 15 is 0 Å². The van der Waals surface area contributed by atoms with Gasteiger partial charge in [0.2, 0.25) is 0 Å². The Morgan fingerprint density at radius 2 is 2.30 bits per heavy atom. The van der Waals surface area contributed by atoms with Crippen LogP contribution in [0.4, 0.5) is 0 Å². The zero-order chi connectivity index (χ0) is 7.14. The molecule has 2 heteroatoms. The number of rotatable bonds is 1. The number of fused-ring (bicyclic) bond motifs is 1. The van der Waals surface area contributed by atoms with Crippen molar-refractivity contribution in [3.63, 3.8) is 0 Å². The molecule has 2 rings (SSSR count). The second kappa shape index (κ2) is 2.21. The maximum Gasteiger partial charge on any atom is 0.0352 e. The highest BCUT2D eigenvalue weighted by Gasteiger charge is 2.42. The van der Waals surface area contributed by atoms with Crippen molar-refractivity contribution in [3.8, 4) is 0 Å². The van der Waals surface area contributed by atoms with E-state index in [2.05, 4.69) is 24.1 Å². The first-order chi connectivity index (χ1) is 4.79. The molecule has 0 unspecified atom stereocenters. The van der Waals surface area contributed by atoms with E-state index in [1.807, 2.05) is 0 Å². The maximum atomic E-state index is 3.50. The molecule has 2 nitrogen and oxygen atoms in total. The van der Waals surface area contributed by atoms with Crippen molar-refractivity contribution in [2.75, 3.05) is 13.1 Å². The molecule has 2 aliphatic heterocycles. The van der Waals surface area contributed by atoms with E-state index in [4.69, 9.17) is 0 Å². The Kier molecular flexibility index (Phi) is 1.46. The molecule has 2 aliphatic rings. The highest BCUT2D eigenvalue weighted by atomic mass is 15.3. The average molecular weight is 140 g/mol. The van der Waals surface area contributed by atoms with Gasteiger partial charge in [0.25, 0.3) is 0 Å². The first kappa shape index (κ1) is 6.62. The molecule has 2 atom stereocenters. The van der Waals surface area contributed by atoms with Crippen molar-refractivity contribution in [1.82, 2.24) is 10.2 Å². The summed E-state index contributed by atoms with van der Waals surface area (Å²) in [5.74, 6) is 0. The molecule has 0 aromatic carbocycles. The van der Waals surface area contributed by atoms with Crippen LogP contribution in [0.1, 0.15) is 20.3 Å². The lowest BCUT2D eigenvalue weighted by atomic mass is 9.96. The summed E-state index contributed by atoms with van der Waals surface area (Å²) in [5.41, 5.74) is 0. The van der Waals surface area contributed by atoms with Gasteiger partial charge in [0.05, 0.1) is 0 Å². The van der Waals surface area contributed by atoms with Crippen molar-refractivity contribution >= 4 is 0 Å². The Hall–Kier alpha value is -0.0800. The van der Waals surface area contributed by atoms with Gasteiger partial charge in [-0.25, -0.2) is 0 Å². The Morgan fingerprint density at radius 3 is 2.90 bits per heavy atom. The summed E-state index contributed by atoms with van der Waals surface area (Å²) >= 11 is 0. The smallest absolute Gasteiger partial charge is 0.0352 e. The van der Waals surface area contributed by atoms with Gasteiger partial charge in [0, 0.05) is 24.7 Å². The van der Waals surface area contributed by atoms with Crippen molar-refractivity contribution < 1.29 is 0 Å². The molecule has 2 saturated heterocycles. The van der Waals surface area contributed by atoms with Gasteiger partial charge in [-0.15, -0.1) is 0 Å². The SMILES string of the molecule is CC(C)N1C[C@@H]2NCC[C@@H]21. The standard InChI is InChI=1S/C8H16N2/c1-6(2)10-5-7-8(10)3-4-9-7/h6-9H,3-5H2,1-2H3/t7-,8-/m0/s1. The fourth-order valence-corrected chi connectivity index (χ4v) is 2.16. The van der Waals surface area contributed by atoms with E-state index in [1.54, 1.807) is 0 Å². The molecule has 2 fully saturated rings. The van der Waals surface area contributed by atoms with E-state index in [9.17, 15) is 0 Å². The minimum absolute atomic E-state index is 0.751. The highest BCUT2D eigenvalue weighted by molar-refractivity contribution is 5.02. The third kappa shape index (κ3) is 0.789. The summed E-state index contributed by atoms with van der Waals surface area (Å²) in [7, 11) is 0. The molecular weight excluding hydrogens is 124 g/mol. The van der Waals surface area contributed by atoms with Crippen molar-refractivity contribution in [2.24, 2.45) is 0 Å². The van der Waals surface area contributed by atoms with Crippen LogP contribution in [0.3, 0.4) is 0 Å². The van der Waals surface area contributed by atoms with Gasteiger partial charge >= 0.3 is 0 Å². The molecule has 0 aromatic heterocycles. The van der Waals surface area contributed by atoms with E-state index < -0.39 is 0 Å². The van der Waals surface area contributed by atoms with Crippen LogP contribution in [-0.2, 0) is 0 Å². The van der Waals surface area contributed by atoms with E-state index in [0.29, 0.717) is 0 Å². The lowest BCUT2D eigenvalue weighted by Gasteiger charge is -2.46. The molecule has 0 radical (unpaired) electrons. The third-order valence-electron chi connectivity index (χ3n) is 2.81. The molecular formula is C8H16N2. The molecule has 0 spiro atoms. The van der Waals surface area contributed by atoms with Gasteiger partial charge < -0.3 is 5.32 Å². The lowest BCUT2D eigenvalue weighted by Crippen LogP contribution is -2.62. The first-order valence-electron chi connectivity index (χ1n) is 4.28. The quantitative estimate of drug-likeness (QED) is 0.568. The molecule has 0 saturated carbocycles. The normalized spacial score (nSPS) is 39.9. The summed E-state index contributed by atoms with van der Waals surface area (Å²) in [6.07, 6.45) is 1.36. The fraction of sp³-hybridized carbons (Fsp3) is 1.00. The van der Waals surface area contributed by atoms with Crippen LogP contribution in [0.25, 0.3) is 0 Å². The first-order valence-corrected chi connectivity index (χ1v) is 4.28. The van der Waals surface area contributed by atoms with Crippen LogP contribution < -0.4 is 5.32 Å². The molecule has 10 heavy (non-hydrogen) atoms. The van der Waals surface area contributed by atoms with Gasteiger partial charge in [0.1, 0.15) is 0 Å². The summed E-state index contributed by atoms with van der Waals surface area (Å²) in [6, 6.07) is 2.46. The van der Waals surface area contributed by atoms with Gasteiger partial charge in [0.15, 0.2) is 0 Å². The number of hydrogen-bond donors (Lipinski definition) is 1. The van der Waals surface area contributed by atoms with Crippen LogP contribution in [0.15, 0.2) is 0 Å². The zero-order valence-electron chi connectivity index (χ0n) is 6.80. The Bertz CT molecular complexity index is 133. The van der Waals surface area contributed by atoms with Crippen LogP contribution in [0.5, 0.6) is 0 Å². The van der Waals surface area contributed by atoms with Crippen LogP contribution in [0.2, 0.25) is 0 Å².